The quantitative estimate of drug-likeness (QED) is 0.446. The topological polar surface area (TPSA) is 75.2 Å². The van der Waals surface area contributed by atoms with Crippen molar-refractivity contribution < 1.29 is 26.6 Å². The number of alkyl halides is 3. The van der Waals surface area contributed by atoms with Gasteiger partial charge in [-0.1, -0.05) is 6.08 Å². The van der Waals surface area contributed by atoms with Crippen molar-refractivity contribution in [2.75, 3.05) is 6.54 Å². The van der Waals surface area contributed by atoms with E-state index in [0.717, 1.165) is 25.0 Å². The normalized spacial score (nSPS) is 21.5. The van der Waals surface area contributed by atoms with E-state index in [-0.39, 0.29) is 25.2 Å². The molecular weight excluding hydrogens is 484 g/mol. The molecule has 1 aromatic carbocycles. The van der Waals surface area contributed by atoms with Crippen LogP contribution in [0.15, 0.2) is 47.6 Å². The van der Waals surface area contributed by atoms with E-state index in [1.54, 1.807) is 24.3 Å². The first kappa shape index (κ1) is 26.9. The lowest BCUT2D eigenvalue weighted by atomic mass is 9.88. The van der Waals surface area contributed by atoms with Gasteiger partial charge in [-0.2, -0.15) is 13.2 Å². The molecule has 1 fully saturated rings. The summed E-state index contributed by atoms with van der Waals surface area (Å²) in [6, 6.07) is 7.95. The van der Waals surface area contributed by atoms with E-state index in [9.17, 15) is 26.6 Å². The standard InChI is InChI=1S/C13H14F3N3O.C11H14FNOS/c14-13(15,16)10-3-1-9(2-4-10)12-5-11(6-17-8-20)18-7-19-12;1-9-3-2-8-13(9)15(14)11-6-4-10(12)5-7-11/h1,5,7-8,10H,2-4,6H2,(H,17,20);4-7,9H,2-3,8H2,1H3. The van der Waals surface area contributed by atoms with Gasteiger partial charge in [0.05, 0.1) is 28.7 Å². The average molecular weight is 513 g/mol. The van der Waals surface area contributed by atoms with Gasteiger partial charge in [-0.15, -0.1) is 0 Å². The molecule has 3 atom stereocenters. The van der Waals surface area contributed by atoms with Crippen LogP contribution in [-0.2, 0) is 22.3 Å². The first-order valence-electron chi connectivity index (χ1n) is 11.4. The van der Waals surface area contributed by atoms with Gasteiger partial charge < -0.3 is 5.32 Å². The average Bonchev–Trinajstić information content (AvgIpc) is 3.28. The summed E-state index contributed by atoms with van der Waals surface area (Å²) < 4.78 is 64.5. The number of nitrogens with one attached hydrogen (secondary N) is 1. The Hall–Kier alpha value is -2.66. The molecule has 0 radical (unpaired) electrons. The number of halogens is 4. The number of aromatic nitrogens is 2. The minimum absolute atomic E-state index is 0.00917. The van der Waals surface area contributed by atoms with Gasteiger partial charge >= 0.3 is 6.18 Å². The number of carbonyl (C=O) groups is 1. The summed E-state index contributed by atoms with van der Waals surface area (Å²) in [6.45, 7) is 3.22. The second-order valence-electron chi connectivity index (χ2n) is 8.47. The molecule has 0 spiro atoms. The first-order valence-corrected chi connectivity index (χ1v) is 12.5. The molecule has 4 rings (SSSR count). The van der Waals surface area contributed by atoms with Crippen molar-refractivity contribution in [2.24, 2.45) is 5.92 Å². The van der Waals surface area contributed by atoms with Crippen molar-refractivity contribution in [3.8, 4) is 0 Å². The second-order valence-corrected chi connectivity index (χ2v) is 9.91. The van der Waals surface area contributed by atoms with Crippen LogP contribution >= 0.6 is 0 Å². The Balaban J connectivity index is 0.000000203. The van der Waals surface area contributed by atoms with Crippen molar-refractivity contribution >= 4 is 23.0 Å². The van der Waals surface area contributed by atoms with Gasteiger partial charge in [-0.25, -0.2) is 22.9 Å². The Morgan fingerprint density at radius 2 is 1.94 bits per heavy atom. The Bertz CT molecular complexity index is 1050. The van der Waals surface area contributed by atoms with Gasteiger partial charge in [0.1, 0.15) is 23.1 Å². The summed E-state index contributed by atoms with van der Waals surface area (Å²) in [5.74, 6) is -1.55. The highest BCUT2D eigenvalue weighted by atomic mass is 32.2. The van der Waals surface area contributed by atoms with Gasteiger partial charge in [0.15, 0.2) is 0 Å². The second kappa shape index (κ2) is 12.3. The van der Waals surface area contributed by atoms with Crippen LogP contribution in [-0.4, -0.2) is 43.7 Å². The number of amides is 1. The Labute approximate surface area is 204 Å². The van der Waals surface area contributed by atoms with Gasteiger partial charge in [0.25, 0.3) is 0 Å². The number of carbonyl (C=O) groups excluding carboxylic acids is 1. The van der Waals surface area contributed by atoms with E-state index >= 15 is 0 Å². The third-order valence-corrected chi connectivity index (χ3v) is 7.66. The third kappa shape index (κ3) is 7.66. The van der Waals surface area contributed by atoms with Crippen molar-refractivity contribution in [2.45, 2.75) is 62.7 Å². The molecule has 190 valence electrons. The molecule has 0 bridgehead atoms. The zero-order valence-corrected chi connectivity index (χ0v) is 20.1. The number of rotatable bonds is 6. The summed E-state index contributed by atoms with van der Waals surface area (Å²) in [6.07, 6.45) is 1.99. The predicted molar refractivity (Wildman–Crippen MR) is 125 cm³/mol. The zero-order chi connectivity index (χ0) is 25.4. The van der Waals surface area contributed by atoms with Gasteiger partial charge in [0.2, 0.25) is 6.41 Å². The molecule has 2 aliphatic rings. The molecule has 1 aromatic heterocycles. The van der Waals surface area contributed by atoms with Gasteiger partial charge in [-0.3, -0.25) is 4.79 Å². The molecule has 2 aromatic rings. The van der Waals surface area contributed by atoms with Crippen LogP contribution in [0.25, 0.3) is 5.57 Å². The largest absolute Gasteiger partial charge is 0.392 e. The molecule has 6 nitrogen and oxygen atoms in total. The Morgan fingerprint density at radius 1 is 1.20 bits per heavy atom. The molecule has 1 aliphatic heterocycles. The maximum Gasteiger partial charge on any atom is 0.392 e. The Kier molecular flexibility index (Phi) is 9.50. The zero-order valence-electron chi connectivity index (χ0n) is 19.3. The molecule has 11 heteroatoms. The van der Waals surface area contributed by atoms with Crippen LogP contribution in [0.2, 0.25) is 0 Å². The van der Waals surface area contributed by atoms with Crippen LogP contribution in [0.1, 0.15) is 50.4 Å². The number of hydrogen-bond donors (Lipinski definition) is 1. The third-order valence-electron chi connectivity index (χ3n) is 6.01. The van der Waals surface area contributed by atoms with E-state index in [2.05, 4.69) is 22.2 Å². The number of nitrogens with zero attached hydrogens (tertiary/aromatic N) is 3. The fraction of sp³-hybridized carbons (Fsp3) is 0.458. The number of hydrogen-bond acceptors (Lipinski definition) is 4. The number of allylic oxidation sites excluding steroid dienone is 2. The fourth-order valence-electron chi connectivity index (χ4n) is 4.02. The van der Waals surface area contributed by atoms with E-state index in [1.807, 2.05) is 4.31 Å². The summed E-state index contributed by atoms with van der Waals surface area (Å²) >= 11 is 0. The Morgan fingerprint density at radius 3 is 2.51 bits per heavy atom. The van der Waals surface area contributed by atoms with E-state index in [0.29, 0.717) is 35.2 Å². The van der Waals surface area contributed by atoms with Crippen LogP contribution in [0, 0.1) is 11.7 Å². The van der Waals surface area contributed by atoms with E-state index in [4.69, 9.17) is 0 Å². The fourth-order valence-corrected chi connectivity index (χ4v) is 5.39. The van der Waals surface area contributed by atoms with Crippen LogP contribution < -0.4 is 5.32 Å². The van der Waals surface area contributed by atoms with Gasteiger partial charge in [-0.05, 0) is 74.9 Å². The van der Waals surface area contributed by atoms with Crippen molar-refractivity contribution in [1.82, 2.24) is 19.6 Å². The van der Waals surface area contributed by atoms with Crippen molar-refractivity contribution in [3.63, 3.8) is 0 Å². The highest BCUT2D eigenvalue weighted by Crippen LogP contribution is 2.38. The van der Waals surface area contributed by atoms with E-state index in [1.165, 1.54) is 18.5 Å². The molecule has 35 heavy (non-hydrogen) atoms. The molecule has 0 saturated carbocycles. The van der Waals surface area contributed by atoms with Crippen LogP contribution in [0.5, 0.6) is 0 Å². The summed E-state index contributed by atoms with van der Waals surface area (Å²) in [4.78, 5) is 19.0. The molecular formula is C24H28F4N4O2S. The molecule has 1 saturated heterocycles. The molecule has 3 unspecified atom stereocenters. The van der Waals surface area contributed by atoms with Crippen LogP contribution in [0.3, 0.4) is 0 Å². The molecule has 1 amide bonds. The lowest BCUT2D eigenvalue weighted by molar-refractivity contribution is -0.175. The summed E-state index contributed by atoms with van der Waals surface area (Å²) in [5, 5.41) is 2.48. The van der Waals surface area contributed by atoms with E-state index < -0.39 is 23.1 Å². The highest BCUT2D eigenvalue weighted by molar-refractivity contribution is 7.82. The maximum absolute atomic E-state index is 12.7. The maximum atomic E-state index is 12.7. The van der Waals surface area contributed by atoms with Crippen molar-refractivity contribution in [3.05, 3.63) is 59.9 Å². The monoisotopic (exact) mass is 512 g/mol. The molecule has 1 aliphatic carbocycles. The summed E-state index contributed by atoms with van der Waals surface area (Å²) in [7, 11) is -1.13. The summed E-state index contributed by atoms with van der Waals surface area (Å²) in [5.41, 5.74) is 2.06. The molecule has 1 N–H and O–H groups in total. The minimum atomic E-state index is -4.13. The SMILES string of the molecule is CC1CCCN1S(=O)c1ccc(F)cc1.O=CNCc1cc(C2=CCC(C(F)(F)F)CC2)ncn1. The predicted octanol–water partition coefficient (Wildman–Crippen LogP) is 4.80. The lowest BCUT2D eigenvalue weighted by Crippen LogP contribution is -2.28. The smallest absolute Gasteiger partial charge is 0.353 e. The first-order chi connectivity index (χ1) is 16.7. The van der Waals surface area contributed by atoms with Crippen LogP contribution in [0.4, 0.5) is 17.6 Å². The van der Waals surface area contributed by atoms with Gasteiger partial charge in [0, 0.05) is 12.6 Å². The number of benzene rings is 1. The molecule has 2 heterocycles. The lowest BCUT2D eigenvalue weighted by Gasteiger charge is -2.23. The minimum Gasteiger partial charge on any atom is -0.353 e. The highest BCUT2D eigenvalue weighted by Gasteiger charge is 2.39. The van der Waals surface area contributed by atoms with Crippen molar-refractivity contribution in [1.29, 1.82) is 0 Å².